The molecular weight excluding hydrogens is 192 g/mol. The second-order valence-electron chi connectivity index (χ2n) is 2.84. The van der Waals surface area contributed by atoms with E-state index in [1.54, 1.807) is 0 Å². The molecule has 0 bridgehead atoms. The molecule has 0 aliphatic carbocycles. The SMILES string of the molecule is N[C@@H](CC1=N[C@H](C(=O)O)CO1)C(=O)O. The van der Waals surface area contributed by atoms with Crippen molar-refractivity contribution in [3.8, 4) is 0 Å². The molecule has 1 aliphatic heterocycles. The molecule has 1 rings (SSSR count). The van der Waals surface area contributed by atoms with Crippen molar-refractivity contribution in [2.45, 2.75) is 18.5 Å². The number of aliphatic carboxylic acids is 2. The van der Waals surface area contributed by atoms with E-state index >= 15 is 0 Å². The van der Waals surface area contributed by atoms with E-state index < -0.39 is 24.0 Å². The molecule has 1 heterocycles. The highest BCUT2D eigenvalue weighted by Gasteiger charge is 2.27. The number of aliphatic imine (C=N–C) groups is 1. The standard InChI is InChI=1S/C7H10N2O5/c8-3(6(10)11)1-5-9-4(2-14-5)7(12)13/h3-4H,1-2,8H2,(H,10,11)(H,12,13)/t3-,4-/m0/s1. The molecule has 0 amide bonds. The van der Waals surface area contributed by atoms with Crippen LogP contribution in [0.3, 0.4) is 0 Å². The molecule has 78 valence electrons. The van der Waals surface area contributed by atoms with Gasteiger partial charge < -0.3 is 20.7 Å². The predicted octanol–water partition coefficient (Wildman–Crippen LogP) is -1.33. The van der Waals surface area contributed by atoms with Crippen molar-refractivity contribution in [1.82, 2.24) is 0 Å². The molecular formula is C7H10N2O5. The van der Waals surface area contributed by atoms with Crippen molar-refractivity contribution in [2.24, 2.45) is 10.7 Å². The molecule has 2 atom stereocenters. The van der Waals surface area contributed by atoms with Gasteiger partial charge >= 0.3 is 11.9 Å². The van der Waals surface area contributed by atoms with Crippen LogP contribution in [0.25, 0.3) is 0 Å². The van der Waals surface area contributed by atoms with Crippen LogP contribution in [0.15, 0.2) is 4.99 Å². The summed E-state index contributed by atoms with van der Waals surface area (Å²) in [5, 5.41) is 17.0. The lowest BCUT2D eigenvalue weighted by Gasteiger charge is -2.04. The van der Waals surface area contributed by atoms with Crippen LogP contribution in [0.1, 0.15) is 6.42 Å². The first-order valence-electron chi connectivity index (χ1n) is 3.91. The number of nitrogens with zero attached hydrogens (tertiary/aromatic N) is 1. The summed E-state index contributed by atoms with van der Waals surface area (Å²) in [6, 6.07) is -2.05. The van der Waals surface area contributed by atoms with Gasteiger partial charge in [-0.15, -0.1) is 0 Å². The summed E-state index contributed by atoms with van der Waals surface area (Å²) in [5.41, 5.74) is 5.21. The van der Waals surface area contributed by atoms with E-state index in [0.29, 0.717) is 0 Å². The second kappa shape index (κ2) is 4.05. The third-order valence-corrected chi connectivity index (χ3v) is 1.70. The van der Waals surface area contributed by atoms with Gasteiger partial charge in [-0.3, -0.25) is 4.79 Å². The molecule has 0 unspecified atom stereocenters. The molecule has 0 saturated carbocycles. The van der Waals surface area contributed by atoms with E-state index in [2.05, 4.69) is 4.99 Å². The maximum absolute atomic E-state index is 10.4. The maximum atomic E-state index is 10.4. The molecule has 1 aliphatic rings. The second-order valence-corrected chi connectivity index (χ2v) is 2.84. The zero-order valence-electron chi connectivity index (χ0n) is 7.21. The lowest BCUT2D eigenvalue weighted by molar-refractivity contribution is -0.139. The van der Waals surface area contributed by atoms with Crippen LogP contribution >= 0.6 is 0 Å². The van der Waals surface area contributed by atoms with Gasteiger partial charge in [0, 0.05) is 6.42 Å². The number of rotatable bonds is 4. The van der Waals surface area contributed by atoms with Crippen molar-refractivity contribution < 1.29 is 24.5 Å². The third kappa shape index (κ3) is 2.43. The summed E-state index contributed by atoms with van der Waals surface area (Å²) in [7, 11) is 0. The fourth-order valence-corrected chi connectivity index (χ4v) is 0.937. The highest BCUT2D eigenvalue weighted by molar-refractivity contribution is 5.88. The first kappa shape index (κ1) is 10.5. The highest BCUT2D eigenvalue weighted by atomic mass is 16.5. The van der Waals surface area contributed by atoms with Gasteiger partial charge in [0.25, 0.3) is 0 Å². The van der Waals surface area contributed by atoms with E-state index in [9.17, 15) is 9.59 Å². The van der Waals surface area contributed by atoms with Crippen LogP contribution < -0.4 is 5.73 Å². The van der Waals surface area contributed by atoms with Crippen LogP contribution in [0.4, 0.5) is 0 Å². The van der Waals surface area contributed by atoms with Gasteiger partial charge in [0.1, 0.15) is 12.6 Å². The average molecular weight is 202 g/mol. The molecule has 0 radical (unpaired) electrons. The monoisotopic (exact) mass is 202 g/mol. The van der Waals surface area contributed by atoms with Gasteiger partial charge in [0.05, 0.1) is 0 Å². The zero-order valence-corrected chi connectivity index (χ0v) is 7.21. The first-order chi connectivity index (χ1) is 6.50. The molecule has 4 N–H and O–H groups in total. The predicted molar refractivity (Wildman–Crippen MR) is 45.0 cm³/mol. The zero-order chi connectivity index (χ0) is 10.7. The number of carboxylic acids is 2. The summed E-state index contributed by atoms with van der Waals surface area (Å²) < 4.78 is 4.87. The lowest BCUT2D eigenvalue weighted by atomic mass is 10.2. The van der Waals surface area contributed by atoms with E-state index in [1.807, 2.05) is 0 Å². The maximum Gasteiger partial charge on any atom is 0.332 e. The normalized spacial score (nSPS) is 22.4. The van der Waals surface area contributed by atoms with Crippen molar-refractivity contribution in [1.29, 1.82) is 0 Å². The third-order valence-electron chi connectivity index (χ3n) is 1.70. The number of carbonyl (C=O) groups is 2. The number of carboxylic acid groups (broad SMARTS) is 2. The van der Waals surface area contributed by atoms with E-state index in [4.69, 9.17) is 20.7 Å². The van der Waals surface area contributed by atoms with E-state index in [0.717, 1.165) is 0 Å². The quantitative estimate of drug-likeness (QED) is 0.519. The number of hydrogen-bond acceptors (Lipinski definition) is 5. The fourth-order valence-electron chi connectivity index (χ4n) is 0.937. The Kier molecular flexibility index (Phi) is 3.03. The Morgan fingerprint density at radius 2 is 2.29 bits per heavy atom. The molecule has 0 aromatic carbocycles. The minimum absolute atomic E-state index is 0.0585. The van der Waals surface area contributed by atoms with Crippen molar-refractivity contribution >= 4 is 17.8 Å². The summed E-state index contributed by atoms with van der Waals surface area (Å²) in [4.78, 5) is 24.4. The van der Waals surface area contributed by atoms with Gasteiger partial charge in [-0.25, -0.2) is 9.79 Å². The van der Waals surface area contributed by atoms with Gasteiger partial charge in [-0.1, -0.05) is 0 Å². The van der Waals surface area contributed by atoms with Crippen LogP contribution in [-0.4, -0.2) is 46.7 Å². The van der Waals surface area contributed by atoms with Crippen molar-refractivity contribution in [3.05, 3.63) is 0 Å². The highest BCUT2D eigenvalue weighted by Crippen LogP contribution is 2.08. The Labute approximate surface area is 79.2 Å². The van der Waals surface area contributed by atoms with E-state index in [-0.39, 0.29) is 18.9 Å². The summed E-state index contributed by atoms with van der Waals surface area (Å²) in [6.07, 6.45) is -0.0842. The van der Waals surface area contributed by atoms with Crippen LogP contribution in [0.5, 0.6) is 0 Å². The Balaban J connectivity index is 2.52. The van der Waals surface area contributed by atoms with Crippen molar-refractivity contribution in [3.63, 3.8) is 0 Å². The Hall–Kier alpha value is -1.63. The number of nitrogens with two attached hydrogens (primary N) is 1. The van der Waals surface area contributed by atoms with Gasteiger partial charge in [0.2, 0.25) is 0 Å². The molecule has 7 heteroatoms. The van der Waals surface area contributed by atoms with Crippen molar-refractivity contribution in [2.75, 3.05) is 6.61 Å². The summed E-state index contributed by atoms with van der Waals surface area (Å²) >= 11 is 0. The van der Waals surface area contributed by atoms with Crippen LogP contribution in [-0.2, 0) is 14.3 Å². The lowest BCUT2D eigenvalue weighted by Crippen LogP contribution is -2.32. The molecule has 0 saturated heterocycles. The molecule has 0 spiro atoms. The Morgan fingerprint density at radius 1 is 1.64 bits per heavy atom. The van der Waals surface area contributed by atoms with Gasteiger partial charge in [0.15, 0.2) is 11.9 Å². The largest absolute Gasteiger partial charge is 0.480 e. The van der Waals surface area contributed by atoms with Gasteiger partial charge in [-0.05, 0) is 0 Å². The summed E-state index contributed by atoms with van der Waals surface area (Å²) in [6.45, 7) is -0.0585. The molecule has 14 heavy (non-hydrogen) atoms. The Bertz CT molecular complexity index is 288. The average Bonchev–Trinajstić information content (AvgIpc) is 2.52. The fraction of sp³-hybridized carbons (Fsp3) is 0.571. The molecule has 0 aromatic rings. The van der Waals surface area contributed by atoms with Gasteiger partial charge in [-0.2, -0.15) is 0 Å². The topological polar surface area (TPSA) is 122 Å². The number of ether oxygens (including phenoxy) is 1. The van der Waals surface area contributed by atoms with E-state index in [1.165, 1.54) is 0 Å². The number of hydrogen-bond donors (Lipinski definition) is 3. The summed E-state index contributed by atoms with van der Waals surface area (Å²) in [5.74, 6) is -2.17. The van der Waals surface area contributed by atoms with Crippen LogP contribution in [0, 0.1) is 0 Å². The molecule has 0 aromatic heterocycles. The van der Waals surface area contributed by atoms with Crippen LogP contribution in [0.2, 0.25) is 0 Å². The first-order valence-corrected chi connectivity index (χ1v) is 3.91. The minimum Gasteiger partial charge on any atom is -0.480 e. The smallest absolute Gasteiger partial charge is 0.332 e. The Morgan fingerprint density at radius 3 is 2.71 bits per heavy atom. The minimum atomic E-state index is -1.17. The molecule has 0 fully saturated rings. The molecule has 7 nitrogen and oxygen atoms in total.